The molecule has 3 N–H and O–H groups in total. The van der Waals surface area contributed by atoms with Crippen molar-refractivity contribution in [3.05, 3.63) is 88.7 Å². The minimum Gasteiger partial charge on any atom is -0.389 e. The van der Waals surface area contributed by atoms with E-state index in [0.29, 0.717) is 23.3 Å². The molecule has 0 saturated carbocycles. The zero-order valence-corrected chi connectivity index (χ0v) is 18.5. The van der Waals surface area contributed by atoms with Crippen molar-refractivity contribution < 1.29 is 23.4 Å². The molecule has 34 heavy (non-hydrogen) atoms. The fraction of sp³-hybridized carbons (Fsp3) is 0.240. The number of amides is 1. The molecular formula is C25H22F2N4O3. The lowest BCUT2D eigenvalue weighted by atomic mass is 9.80. The molecule has 0 spiro atoms. The molecule has 5 rings (SSSR count). The van der Waals surface area contributed by atoms with Gasteiger partial charge in [0.1, 0.15) is 11.9 Å². The van der Waals surface area contributed by atoms with E-state index in [4.69, 9.17) is 10.5 Å². The van der Waals surface area contributed by atoms with Crippen molar-refractivity contribution in [3.8, 4) is 11.1 Å². The molecule has 2 aliphatic heterocycles. The van der Waals surface area contributed by atoms with Crippen LogP contribution in [0, 0.1) is 11.8 Å². The van der Waals surface area contributed by atoms with E-state index in [1.54, 1.807) is 25.1 Å². The number of aromatic nitrogens is 1. The number of benzene rings is 2. The molecule has 174 valence electrons. The Morgan fingerprint density at radius 1 is 1.18 bits per heavy atom. The number of hydrogen-bond donors (Lipinski definition) is 2. The summed E-state index contributed by atoms with van der Waals surface area (Å²) >= 11 is 0. The van der Waals surface area contributed by atoms with Gasteiger partial charge in [0.05, 0.1) is 12.7 Å². The Hall–Kier alpha value is -3.69. The fourth-order valence-corrected chi connectivity index (χ4v) is 4.41. The minimum atomic E-state index is -1.65. The first-order valence-electron chi connectivity index (χ1n) is 10.7. The summed E-state index contributed by atoms with van der Waals surface area (Å²) in [5.74, 6) is -1.99. The SMILES string of the molecule is CC(O)c1cc(C2(c3ccc(F)c(-c4cccnc4F)c3)N=C(N)N(C)C2=O)ccc1C1CO1. The molecule has 3 unspecified atom stereocenters. The maximum atomic E-state index is 14.8. The highest BCUT2D eigenvalue weighted by Gasteiger charge is 2.50. The lowest BCUT2D eigenvalue weighted by Gasteiger charge is -2.28. The average molecular weight is 464 g/mol. The lowest BCUT2D eigenvalue weighted by Crippen LogP contribution is -2.41. The van der Waals surface area contributed by atoms with Gasteiger partial charge in [0, 0.05) is 24.4 Å². The number of carbonyl (C=O) groups is 1. The van der Waals surface area contributed by atoms with E-state index in [1.165, 1.54) is 42.4 Å². The third-order valence-corrected chi connectivity index (χ3v) is 6.31. The third kappa shape index (κ3) is 3.36. The van der Waals surface area contributed by atoms with Crippen molar-refractivity contribution >= 4 is 11.9 Å². The number of rotatable bonds is 5. The van der Waals surface area contributed by atoms with E-state index < -0.39 is 29.3 Å². The Labute approximate surface area is 194 Å². The molecule has 0 radical (unpaired) electrons. The van der Waals surface area contributed by atoms with Crippen molar-refractivity contribution in [2.75, 3.05) is 13.7 Å². The molecule has 1 fully saturated rings. The van der Waals surface area contributed by atoms with Crippen molar-refractivity contribution in [3.63, 3.8) is 0 Å². The molecule has 9 heteroatoms. The Kier molecular flexibility index (Phi) is 5.18. The molecule has 7 nitrogen and oxygen atoms in total. The summed E-state index contributed by atoms with van der Waals surface area (Å²) < 4.78 is 34.6. The number of aliphatic hydroxyl groups is 1. The Balaban J connectivity index is 1.75. The third-order valence-electron chi connectivity index (χ3n) is 6.31. The van der Waals surface area contributed by atoms with Crippen molar-refractivity contribution in [1.82, 2.24) is 9.88 Å². The van der Waals surface area contributed by atoms with E-state index in [0.717, 1.165) is 11.6 Å². The molecule has 1 aromatic heterocycles. The largest absolute Gasteiger partial charge is 0.389 e. The molecular weight excluding hydrogens is 442 g/mol. The summed E-state index contributed by atoms with van der Waals surface area (Å²) in [6.07, 6.45) is 0.321. The summed E-state index contributed by atoms with van der Waals surface area (Å²) in [4.78, 5) is 23.0. The number of likely N-dealkylation sites (N-methyl/N-ethyl adjacent to an activating group) is 1. The maximum absolute atomic E-state index is 14.8. The van der Waals surface area contributed by atoms with Gasteiger partial charge in [0.25, 0.3) is 5.91 Å². The maximum Gasteiger partial charge on any atom is 0.266 e. The molecule has 2 aliphatic rings. The number of epoxide rings is 1. The number of ether oxygens (including phenoxy) is 1. The lowest BCUT2D eigenvalue weighted by molar-refractivity contribution is -0.129. The van der Waals surface area contributed by atoms with Crippen LogP contribution in [-0.2, 0) is 15.1 Å². The summed E-state index contributed by atoms with van der Waals surface area (Å²) in [7, 11) is 1.50. The van der Waals surface area contributed by atoms with Gasteiger partial charge in [-0.15, -0.1) is 0 Å². The van der Waals surface area contributed by atoms with Gasteiger partial charge in [0.15, 0.2) is 11.5 Å². The van der Waals surface area contributed by atoms with Crippen LogP contribution in [0.5, 0.6) is 0 Å². The van der Waals surface area contributed by atoms with Crippen molar-refractivity contribution in [1.29, 1.82) is 0 Å². The average Bonchev–Trinajstić information content (AvgIpc) is 3.64. The summed E-state index contributed by atoms with van der Waals surface area (Å²) in [5.41, 5.74) is 6.46. The first-order valence-corrected chi connectivity index (χ1v) is 10.7. The van der Waals surface area contributed by atoms with E-state index in [9.17, 15) is 18.7 Å². The second-order valence-electron chi connectivity index (χ2n) is 8.42. The first kappa shape index (κ1) is 22.1. The Bertz CT molecular complexity index is 1340. The van der Waals surface area contributed by atoms with Gasteiger partial charge in [-0.05, 0) is 59.5 Å². The van der Waals surface area contributed by atoms with E-state index in [-0.39, 0.29) is 23.2 Å². The van der Waals surface area contributed by atoms with Gasteiger partial charge < -0.3 is 15.6 Å². The van der Waals surface area contributed by atoms with Crippen LogP contribution < -0.4 is 5.73 Å². The number of nitrogens with zero attached hydrogens (tertiary/aromatic N) is 3. The number of aliphatic imine (C=N–C) groups is 1. The van der Waals surface area contributed by atoms with Gasteiger partial charge in [-0.3, -0.25) is 9.69 Å². The minimum absolute atomic E-state index is 0.0170. The second kappa shape index (κ2) is 7.96. The molecule has 0 bridgehead atoms. The van der Waals surface area contributed by atoms with Crippen LogP contribution in [0.4, 0.5) is 8.78 Å². The molecule has 0 aliphatic carbocycles. The zero-order chi connectivity index (χ0) is 24.2. The van der Waals surface area contributed by atoms with Gasteiger partial charge >= 0.3 is 0 Å². The number of halogens is 2. The first-order chi connectivity index (χ1) is 16.2. The van der Waals surface area contributed by atoms with Gasteiger partial charge in [-0.2, -0.15) is 4.39 Å². The smallest absolute Gasteiger partial charge is 0.266 e. The number of carbonyl (C=O) groups excluding carboxylic acids is 1. The van der Waals surface area contributed by atoms with Crippen LogP contribution in [0.1, 0.15) is 41.4 Å². The van der Waals surface area contributed by atoms with Crippen LogP contribution in [0.15, 0.2) is 59.7 Å². The summed E-state index contributed by atoms with van der Waals surface area (Å²) in [6.45, 7) is 2.17. The zero-order valence-electron chi connectivity index (χ0n) is 18.5. The quantitative estimate of drug-likeness (QED) is 0.446. The van der Waals surface area contributed by atoms with Gasteiger partial charge in [-0.1, -0.05) is 18.2 Å². The van der Waals surface area contributed by atoms with Gasteiger partial charge in [0.2, 0.25) is 5.95 Å². The highest BCUT2D eigenvalue weighted by atomic mass is 19.1. The fourth-order valence-electron chi connectivity index (χ4n) is 4.41. The van der Waals surface area contributed by atoms with E-state index >= 15 is 0 Å². The second-order valence-corrected chi connectivity index (χ2v) is 8.42. The highest BCUT2D eigenvalue weighted by molar-refractivity contribution is 6.09. The molecule has 1 saturated heterocycles. The normalized spacial score (nSPS) is 22.6. The van der Waals surface area contributed by atoms with Crippen molar-refractivity contribution in [2.45, 2.75) is 24.7 Å². The topological polar surface area (TPSA) is 104 Å². The molecule has 1 amide bonds. The number of pyridine rings is 1. The number of aliphatic hydroxyl groups excluding tert-OH is 1. The van der Waals surface area contributed by atoms with E-state index in [1.807, 2.05) is 0 Å². The molecule has 2 aromatic carbocycles. The predicted molar refractivity (Wildman–Crippen MR) is 121 cm³/mol. The number of guanidine groups is 1. The monoisotopic (exact) mass is 464 g/mol. The summed E-state index contributed by atoms with van der Waals surface area (Å²) in [5, 5.41) is 10.4. The van der Waals surface area contributed by atoms with Gasteiger partial charge in [-0.25, -0.2) is 14.4 Å². The van der Waals surface area contributed by atoms with Crippen LogP contribution in [-0.4, -0.2) is 40.5 Å². The number of nitrogens with two attached hydrogens (primary N) is 1. The van der Waals surface area contributed by atoms with E-state index in [2.05, 4.69) is 9.98 Å². The van der Waals surface area contributed by atoms with Crippen LogP contribution >= 0.6 is 0 Å². The molecule has 3 atom stereocenters. The molecule has 3 heterocycles. The standard InChI is InChI=1S/C25H22F2N4O3/c1-13(32)18-10-14(5-7-16(18)21-12-34-21)25(23(33)31(2)24(28)30-25)15-6-8-20(26)19(11-15)17-4-3-9-29-22(17)27/h3-11,13,21,32H,12H2,1-2H3,(H2,28,30). The molecule has 3 aromatic rings. The Morgan fingerprint density at radius 3 is 2.50 bits per heavy atom. The predicted octanol–water partition coefficient (Wildman–Crippen LogP) is 3.18. The van der Waals surface area contributed by atoms with Crippen LogP contribution in [0.2, 0.25) is 0 Å². The van der Waals surface area contributed by atoms with Crippen molar-refractivity contribution in [2.24, 2.45) is 10.7 Å². The van der Waals surface area contributed by atoms with Crippen LogP contribution in [0.3, 0.4) is 0 Å². The summed E-state index contributed by atoms with van der Waals surface area (Å²) in [6, 6.07) is 12.1. The van der Waals surface area contributed by atoms with Crippen LogP contribution in [0.25, 0.3) is 11.1 Å². The highest BCUT2D eigenvalue weighted by Crippen LogP contribution is 2.44. The number of hydrogen-bond acceptors (Lipinski definition) is 6. The Morgan fingerprint density at radius 2 is 1.88 bits per heavy atom.